The number of rotatable bonds is 3. The summed E-state index contributed by atoms with van der Waals surface area (Å²) >= 11 is -2.96. The fourth-order valence-electron chi connectivity index (χ4n) is 0.479. The summed E-state index contributed by atoms with van der Waals surface area (Å²) in [5.74, 6) is -1.96. The van der Waals surface area contributed by atoms with Gasteiger partial charge in [0.15, 0.2) is 0 Å². The molecular weight excluding hydrogens is 202 g/mol. The Morgan fingerprint density at radius 3 is 1.21 bits per heavy atom. The number of carbonyl (C=O) groups is 3. The predicted molar refractivity (Wildman–Crippen MR) is 42.2 cm³/mol. The van der Waals surface area contributed by atoms with Crippen molar-refractivity contribution in [1.29, 1.82) is 0 Å². The molecule has 0 bridgehead atoms. The zero-order valence-corrected chi connectivity index (χ0v) is 9.68. The van der Waals surface area contributed by atoms with Crippen LogP contribution in [0.3, 0.4) is 0 Å². The van der Waals surface area contributed by atoms with E-state index in [-0.39, 0.29) is 20.3 Å². The van der Waals surface area contributed by atoms with E-state index in [0.717, 1.165) is 20.8 Å². The fourth-order valence-corrected chi connectivity index (χ4v) is 1.44. The van der Waals surface area contributed by atoms with Crippen LogP contribution in [0.15, 0.2) is 0 Å². The van der Waals surface area contributed by atoms with E-state index in [2.05, 4.69) is 11.4 Å². The Labute approximate surface area is 99.9 Å². The standard InChI is InChI=1S/3C2H4O2.Al.Li.H/c3*1-2(3)4;;;/h3*1H3,(H,3,4);;;/q;;;+3;+1;-1/p-3. The molecule has 0 saturated heterocycles. The van der Waals surface area contributed by atoms with E-state index in [1.54, 1.807) is 0 Å². The average Bonchev–Trinajstić information content (AvgIpc) is 1.80. The van der Waals surface area contributed by atoms with Gasteiger partial charge in [-0.2, -0.15) is 0 Å². The molecule has 0 N–H and O–H groups in total. The van der Waals surface area contributed by atoms with Crippen molar-refractivity contribution in [3.05, 3.63) is 0 Å². The van der Waals surface area contributed by atoms with Gasteiger partial charge in [-0.1, -0.05) is 0 Å². The van der Waals surface area contributed by atoms with Crippen LogP contribution in [0.5, 0.6) is 0 Å². The predicted octanol–water partition coefficient (Wildman–Crippen LogP) is -3.22. The second-order valence-electron chi connectivity index (χ2n) is 2.12. The van der Waals surface area contributed by atoms with E-state index in [4.69, 9.17) is 0 Å². The van der Waals surface area contributed by atoms with Crippen molar-refractivity contribution in [2.45, 2.75) is 20.8 Å². The maximum absolute atomic E-state index is 10.4. The van der Waals surface area contributed by atoms with E-state index >= 15 is 0 Å². The molecule has 0 aliphatic heterocycles. The minimum atomic E-state index is -2.96. The van der Waals surface area contributed by atoms with Crippen LogP contribution in [0.4, 0.5) is 0 Å². The van der Waals surface area contributed by atoms with Crippen LogP contribution in [0.25, 0.3) is 0 Å². The SMILES string of the molecule is CC(=O)[O][Al]([O]C(C)=O)[O]C(C)=O.[H-].[Li+]. The Morgan fingerprint density at radius 1 is 0.857 bits per heavy atom. The molecule has 0 aliphatic rings. The van der Waals surface area contributed by atoms with Crippen molar-refractivity contribution in [3.8, 4) is 0 Å². The van der Waals surface area contributed by atoms with E-state index < -0.39 is 33.1 Å². The third-order valence-electron chi connectivity index (χ3n) is 0.787. The summed E-state index contributed by atoms with van der Waals surface area (Å²) in [5, 5.41) is 0. The third kappa shape index (κ3) is 9.63. The molecule has 0 aromatic rings. The van der Waals surface area contributed by atoms with Crippen LogP contribution in [-0.4, -0.2) is 33.1 Å². The van der Waals surface area contributed by atoms with E-state index in [0.29, 0.717) is 0 Å². The molecule has 0 saturated carbocycles. The monoisotopic (exact) mass is 212 g/mol. The summed E-state index contributed by atoms with van der Waals surface area (Å²) in [6, 6.07) is 0. The molecule has 8 heteroatoms. The minimum absolute atomic E-state index is 0. The summed E-state index contributed by atoms with van der Waals surface area (Å²) in [6.07, 6.45) is 0. The molecule has 0 fully saturated rings. The molecule has 0 aliphatic carbocycles. The van der Waals surface area contributed by atoms with Crippen LogP contribution in [0.2, 0.25) is 0 Å². The third-order valence-corrected chi connectivity index (χ3v) is 2.36. The molecular formula is C6H10AlLiO6. The van der Waals surface area contributed by atoms with E-state index in [9.17, 15) is 14.4 Å². The first-order valence-electron chi connectivity index (χ1n) is 3.43. The summed E-state index contributed by atoms with van der Waals surface area (Å²) in [6.45, 7) is 3.40. The van der Waals surface area contributed by atoms with Gasteiger partial charge < -0.3 is 12.8 Å². The van der Waals surface area contributed by atoms with Gasteiger partial charge in [-0.3, -0.25) is 14.4 Å². The molecule has 0 amide bonds. The molecule has 0 radical (unpaired) electrons. The summed E-state index contributed by atoms with van der Waals surface area (Å²) in [4.78, 5) is 31.3. The van der Waals surface area contributed by atoms with Gasteiger partial charge in [0.05, 0.1) is 0 Å². The molecule has 0 aromatic heterocycles. The van der Waals surface area contributed by atoms with Crippen molar-refractivity contribution >= 4 is 33.1 Å². The van der Waals surface area contributed by atoms with Gasteiger partial charge in [-0.15, -0.1) is 0 Å². The molecule has 6 nitrogen and oxygen atoms in total. The topological polar surface area (TPSA) is 78.9 Å². The first-order valence-corrected chi connectivity index (χ1v) is 4.85. The number of hydrogen-bond donors (Lipinski definition) is 0. The Morgan fingerprint density at radius 2 is 1.07 bits per heavy atom. The number of hydrogen-bond acceptors (Lipinski definition) is 6. The van der Waals surface area contributed by atoms with Crippen molar-refractivity contribution < 1.29 is 46.0 Å². The van der Waals surface area contributed by atoms with E-state index in [1.165, 1.54) is 0 Å². The van der Waals surface area contributed by atoms with Crippen molar-refractivity contribution in [3.63, 3.8) is 0 Å². The van der Waals surface area contributed by atoms with Gasteiger partial charge in [0.1, 0.15) is 0 Å². The first kappa shape index (κ1) is 16.0. The van der Waals surface area contributed by atoms with Crippen molar-refractivity contribution in [1.82, 2.24) is 0 Å². The van der Waals surface area contributed by atoms with Gasteiger partial charge in [0.2, 0.25) is 0 Å². The minimum Gasteiger partial charge on any atom is -1.00 e. The van der Waals surface area contributed by atoms with Crippen molar-refractivity contribution in [2.75, 3.05) is 0 Å². The van der Waals surface area contributed by atoms with Crippen LogP contribution < -0.4 is 18.9 Å². The first-order chi connectivity index (χ1) is 5.91. The van der Waals surface area contributed by atoms with E-state index in [1.807, 2.05) is 0 Å². The van der Waals surface area contributed by atoms with Gasteiger partial charge >= 0.3 is 34.0 Å². The molecule has 0 unspecified atom stereocenters. The molecule has 14 heavy (non-hydrogen) atoms. The Bertz CT molecular complexity index is 198. The molecule has 74 valence electrons. The van der Waals surface area contributed by atoms with Crippen LogP contribution in [0.1, 0.15) is 22.2 Å². The number of carbonyl (C=O) groups excluding carboxylic acids is 3. The zero-order chi connectivity index (χ0) is 10.4. The van der Waals surface area contributed by atoms with Gasteiger partial charge in [-0.25, -0.2) is 0 Å². The average molecular weight is 212 g/mol. The van der Waals surface area contributed by atoms with Crippen LogP contribution >= 0.6 is 0 Å². The summed E-state index contributed by atoms with van der Waals surface area (Å²) < 4.78 is 13.5. The Kier molecular flexibility index (Phi) is 9.02. The molecule has 0 spiro atoms. The normalized spacial score (nSPS) is 7.93. The zero-order valence-electron chi connectivity index (χ0n) is 9.53. The second kappa shape index (κ2) is 7.90. The molecule has 0 rings (SSSR count). The molecule has 0 heterocycles. The van der Waals surface area contributed by atoms with Crippen LogP contribution in [0, 0.1) is 0 Å². The smallest absolute Gasteiger partial charge is 1.00 e. The summed E-state index contributed by atoms with van der Waals surface area (Å²) in [5.41, 5.74) is 0. The van der Waals surface area contributed by atoms with Gasteiger partial charge in [0, 0.05) is 20.8 Å². The van der Waals surface area contributed by atoms with Crippen molar-refractivity contribution in [2.24, 2.45) is 0 Å². The second-order valence-corrected chi connectivity index (χ2v) is 3.40. The Balaban J connectivity index is -0.000000720. The molecule has 0 aromatic carbocycles. The van der Waals surface area contributed by atoms with Gasteiger partial charge in [-0.05, 0) is 0 Å². The largest absolute Gasteiger partial charge is 1.20 e. The van der Waals surface area contributed by atoms with Crippen LogP contribution in [-0.2, 0) is 25.7 Å². The van der Waals surface area contributed by atoms with Gasteiger partial charge in [0.25, 0.3) is 17.9 Å². The fraction of sp³-hybridized carbons (Fsp3) is 0.500. The maximum Gasteiger partial charge on any atom is 1.20 e. The quantitative estimate of drug-likeness (QED) is 0.458. The Hall–Kier alpha value is -0.460. The molecule has 0 atom stereocenters. The maximum atomic E-state index is 10.4. The summed E-state index contributed by atoms with van der Waals surface area (Å²) in [7, 11) is 0.